The van der Waals surface area contributed by atoms with Crippen molar-refractivity contribution in [3.8, 4) is 5.75 Å². The van der Waals surface area contributed by atoms with Crippen LogP contribution < -0.4 is 10.5 Å². The maximum Gasteiger partial charge on any atom is 0.239 e. The third kappa shape index (κ3) is 3.21. The van der Waals surface area contributed by atoms with E-state index in [4.69, 9.17) is 10.5 Å². The fourth-order valence-corrected chi connectivity index (χ4v) is 1.57. The smallest absolute Gasteiger partial charge is 0.239 e. The van der Waals surface area contributed by atoms with Gasteiger partial charge in [0.05, 0.1) is 0 Å². The number of hydrogen-bond donors (Lipinski definition) is 2. The Morgan fingerprint density at radius 2 is 2.06 bits per heavy atom. The average molecular weight is 232 g/mol. The van der Waals surface area contributed by atoms with Crippen molar-refractivity contribution < 1.29 is 4.74 Å². The molecule has 2 aromatic rings. The third-order valence-corrected chi connectivity index (χ3v) is 2.39. The number of ether oxygens (including phenoxy) is 1. The summed E-state index contributed by atoms with van der Waals surface area (Å²) in [7, 11) is 0. The SMILES string of the molecule is CCCc1ccc(OCc2nc(N)n[nH]2)cc1. The van der Waals surface area contributed by atoms with Crippen molar-refractivity contribution in [2.45, 2.75) is 26.4 Å². The van der Waals surface area contributed by atoms with Gasteiger partial charge >= 0.3 is 0 Å². The first kappa shape index (κ1) is 11.4. The van der Waals surface area contributed by atoms with Gasteiger partial charge in [-0.2, -0.15) is 4.98 Å². The summed E-state index contributed by atoms with van der Waals surface area (Å²) in [6.45, 7) is 2.51. The number of aryl methyl sites for hydroxylation is 1. The number of benzene rings is 1. The lowest BCUT2D eigenvalue weighted by molar-refractivity contribution is 0.296. The molecule has 0 amide bonds. The number of nitrogens with two attached hydrogens (primary N) is 1. The molecule has 0 bridgehead atoms. The van der Waals surface area contributed by atoms with Crippen LogP contribution in [0.1, 0.15) is 24.7 Å². The number of anilines is 1. The van der Waals surface area contributed by atoms with Gasteiger partial charge < -0.3 is 10.5 Å². The Balaban J connectivity index is 1.90. The number of nitrogen functional groups attached to an aromatic ring is 1. The van der Waals surface area contributed by atoms with E-state index in [1.807, 2.05) is 12.1 Å². The van der Waals surface area contributed by atoms with Gasteiger partial charge in [-0.15, -0.1) is 5.10 Å². The van der Waals surface area contributed by atoms with Gasteiger partial charge in [-0.3, -0.25) is 5.10 Å². The highest BCUT2D eigenvalue weighted by Crippen LogP contribution is 2.14. The van der Waals surface area contributed by atoms with Crippen LogP contribution in [-0.4, -0.2) is 15.2 Å². The molecule has 5 heteroatoms. The molecule has 1 aromatic carbocycles. The Hall–Kier alpha value is -2.04. The van der Waals surface area contributed by atoms with Crippen LogP contribution >= 0.6 is 0 Å². The molecule has 0 aliphatic rings. The van der Waals surface area contributed by atoms with Crippen LogP contribution in [0.5, 0.6) is 5.75 Å². The van der Waals surface area contributed by atoms with E-state index in [1.54, 1.807) is 0 Å². The quantitative estimate of drug-likeness (QED) is 0.825. The maximum absolute atomic E-state index is 5.55. The van der Waals surface area contributed by atoms with Crippen molar-refractivity contribution in [3.05, 3.63) is 35.7 Å². The van der Waals surface area contributed by atoms with Crippen LogP contribution in [0.3, 0.4) is 0 Å². The lowest BCUT2D eigenvalue weighted by Crippen LogP contribution is -1.98. The molecule has 0 radical (unpaired) electrons. The molecule has 0 aliphatic heterocycles. The van der Waals surface area contributed by atoms with Crippen molar-refractivity contribution in [2.75, 3.05) is 5.73 Å². The highest BCUT2D eigenvalue weighted by Gasteiger charge is 2.00. The van der Waals surface area contributed by atoms with Gasteiger partial charge in [0.25, 0.3) is 0 Å². The molecule has 3 N–H and O–H groups in total. The number of nitrogens with one attached hydrogen (secondary N) is 1. The third-order valence-electron chi connectivity index (χ3n) is 2.39. The normalized spacial score (nSPS) is 10.4. The van der Waals surface area contributed by atoms with Crippen LogP contribution in [-0.2, 0) is 13.0 Å². The first-order chi connectivity index (χ1) is 8.28. The molecule has 1 heterocycles. The molecule has 5 nitrogen and oxygen atoms in total. The standard InChI is InChI=1S/C12H16N4O/c1-2-3-9-4-6-10(7-5-9)17-8-11-14-12(13)16-15-11/h4-7H,2-3,8H2,1H3,(H3,13,14,15,16). The van der Waals surface area contributed by atoms with Crippen LogP contribution in [0.25, 0.3) is 0 Å². The summed E-state index contributed by atoms with van der Waals surface area (Å²) in [5.74, 6) is 1.68. The zero-order chi connectivity index (χ0) is 12.1. The number of hydrogen-bond acceptors (Lipinski definition) is 4. The molecule has 0 fully saturated rings. The summed E-state index contributed by atoms with van der Waals surface area (Å²) < 4.78 is 5.55. The minimum atomic E-state index is 0.238. The molecule has 0 unspecified atom stereocenters. The van der Waals surface area contributed by atoms with Gasteiger partial charge in [0.2, 0.25) is 5.95 Å². The predicted octanol–water partition coefficient (Wildman–Crippen LogP) is 1.92. The van der Waals surface area contributed by atoms with E-state index in [9.17, 15) is 0 Å². The first-order valence-electron chi connectivity index (χ1n) is 5.66. The molecule has 0 saturated heterocycles. The van der Waals surface area contributed by atoms with Crippen LogP contribution in [0.15, 0.2) is 24.3 Å². The van der Waals surface area contributed by atoms with E-state index >= 15 is 0 Å². The highest BCUT2D eigenvalue weighted by atomic mass is 16.5. The summed E-state index contributed by atoms with van der Waals surface area (Å²) in [6.07, 6.45) is 2.25. The van der Waals surface area contributed by atoms with E-state index in [2.05, 4.69) is 34.2 Å². The zero-order valence-electron chi connectivity index (χ0n) is 9.81. The van der Waals surface area contributed by atoms with E-state index < -0.39 is 0 Å². The number of aromatic nitrogens is 3. The van der Waals surface area contributed by atoms with Gasteiger partial charge in [-0.25, -0.2) is 0 Å². The number of rotatable bonds is 5. The van der Waals surface area contributed by atoms with Gasteiger partial charge in [0.15, 0.2) is 5.82 Å². The monoisotopic (exact) mass is 232 g/mol. The molecule has 1 aromatic heterocycles. The molecule has 0 atom stereocenters. The van der Waals surface area contributed by atoms with Gasteiger partial charge in [0.1, 0.15) is 12.4 Å². The molecular weight excluding hydrogens is 216 g/mol. The van der Waals surface area contributed by atoms with Gasteiger partial charge in [-0.05, 0) is 24.1 Å². The number of H-pyrrole nitrogens is 1. The Morgan fingerprint density at radius 1 is 1.29 bits per heavy atom. The van der Waals surface area contributed by atoms with Gasteiger partial charge in [-0.1, -0.05) is 25.5 Å². The largest absolute Gasteiger partial charge is 0.486 e. The van der Waals surface area contributed by atoms with Crippen LogP contribution in [0, 0.1) is 0 Å². The summed E-state index contributed by atoms with van der Waals surface area (Å²) >= 11 is 0. The average Bonchev–Trinajstić information content (AvgIpc) is 2.75. The maximum atomic E-state index is 5.55. The lowest BCUT2D eigenvalue weighted by Gasteiger charge is -2.04. The lowest BCUT2D eigenvalue weighted by atomic mass is 10.1. The number of aromatic amines is 1. The second kappa shape index (κ2) is 5.34. The van der Waals surface area contributed by atoms with E-state index in [-0.39, 0.29) is 5.95 Å². The van der Waals surface area contributed by atoms with E-state index in [0.29, 0.717) is 12.4 Å². The minimum Gasteiger partial charge on any atom is -0.486 e. The van der Waals surface area contributed by atoms with Gasteiger partial charge in [0, 0.05) is 0 Å². The molecule has 0 saturated carbocycles. The van der Waals surface area contributed by atoms with E-state index in [1.165, 1.54) is 5.56 Å². The Morgan fingerprint density at radius 3 is 2.65 bits per heavy atom. The number of nitrogens with zero attached hydrogens (tertiary/aromatic N) is 2. The summed E-state index contributed by atoms with van der Waals surface area (Å²) in [6, 6.07) is 8.08. The molecular formula is C12H16N4O. The Labute approximate surface area is 100 Å². The summed E-state index contributed by atoms with van der Waals surface area (Å²) in [5.41, 5.74) is 6.71. The van der Waals surface area contributed by atoms with E-state index in [0.717, 1.165) is 18.6 Å². The molecule has 0 spiro atoms. The molecule has 17 heavy (non-hydrogen) atoms. The highest BCUT2D eigenvalue weighted by molar-refractivity contribution is 5.27. The van der Waals surface area contributed by atoms with Crippen LogP contribution in [0.4, 0.5) is 5.95 Å². The molecule has 0 aliphatic carbocycles. The predicted molar refractivity (Wildman–Crippen MR) is 65.6 cm³/mol. The Kier molecular flexibility index (Phi) is 3.59. The molecule has 90 valence electrons. The second-order valence-electron chi connectivity index (χ2n) is 3.82. The van der Waals surface area contributed by atoms with Crippen molar-refractivity contribution in [1.29, 1.82) is 0 Å². The zero-order valence-corrected chi connectivity index (χ0v) is 9.81. The van der Waals surface area contributed by atoms with Crippen molar-refractivity contribution >= 4 is 5.95 Å². The summed E-state index contributed by atoms with van der Waals surface area (Å²) in [5, 5.41) is 6.43. The van der Waals surface area contributed by atoms with Crippen molar-refractivity contribution in [2.24, 2.45) is 0 Å². The molecule has 2 rings (SSSR count). The fourth-order valence-electron chi connectivity index (χ4n) is 1.57. The summed E-state index contributed by atoms with van der Waals surface area (Å²) in [4.78, 5) is 3.96. The Bertz CT molecular complexity index is 464. The van der Waals surface area contributed by atoms with Crippen molar-refractivity contribution in [1.82, 2.24) is 15.2 Å². The first-order valence-corrected chi connectivity index (χ1v) is 5.66. The minimum absolute atomic E-state index is 0.238. The van der Waals surface area contributed by atoms with Crippen molar-refractivity contribution in [3.63, 3.8) is 0 Å². The second-order valence-corrected chi connectivity index (χ2v) is 3.82. The topological polar surface area (TPSA) is 76.8 Å². The fraction of sp³-hybridized carbons (Fsp3) is 0.333. The van der Waals surface area contributed by atoms with Crippen LogP contribution in [0.2, 0.25) is 0 Å².